The van der Waals surface area contributed by atoms with Crippen LogP contribution in [-0.4, -0.2) is 27.9 Å². The number of amides is 1. The second-order valence-corrected chi connectivity index (χ2v) is 5.92. The molecule has 0 heterocycles. The lowest BCUT2D eigenvalue weighted by Gasteiger charge is -2.15. The number of hydrogen-bond donors (Lipinski definition) is 3. The number of aromatic hydroxyl groups is 2. The van der Waals surface area contributed by atoms with E-state index in [0.717, 1.165) is 16.7 Å². The molecule has 1 amide bonds. The van der Waals surface area contributed by atoms with Gasteiger partial charge in [-0.3, -0.25) is 9.59 Å². The van der Waals surface area contributed by atoms with Crippen LogP contribution in [0.5, 0.6) is 11.5 Å². The van der Waals surface area contributed by atoms with Crippen molar-refractivity contribution in [2.45, 2.75) is 26.3 Å². The lowest BCUT2D eigenvalue weighted by atomic mass is 10.0. The largest absolute Gasteiger partial charge is 0.508 e. The zero-order valence-corrected chi connectivity index (χ0v) is 14.2. The van der Waals surface area contributed by atoms with E-state index in [-0.39, 0.29) is 23.2 Å². The van der Waals surface area contributed by atoms with Crippen LogP contribution in [0, 0.1) is 6.92 Å². The summed E-state index contributed by atoms with van der Waals surface area (Å²) in [6.45, 7) is 3.20. The van der Waals surface area contributed by atoms with Gasteiger partial charge in [0, 0.05) is 6.08 Å². The predicted octanol–water partition coefficient (Wildman–Crippen LogP) is 2.74. The van der Waals surface area contributed by atoms with Crippen LogP contribution >= 0.6 is 0 Å². The van der Waals surface area contributed by atoms with Crippen LogP contribution in [0.25, 0.3) is 6.08 Å². The summed E-state index contributed by atoms with van der Waals surface area (Å²) in [6.07, 6.45) is 3.34. The highest BCUT2D eigenvalue weighted by atomic mass is 16.3. The van der Waals surface area contributed by atoms with Crippen molar-refractivity contribution in [1.29, 1.82) is 0 Å². The third-order valence-electron chi connectivity index (χ3n) is 3.83. The standard InChI is InChI=1S/C20H21NO4/c1-13-11-15(5-9-19(13)24)6-10-20(25)21-18(14(2)22)12-16-3-7-17(23)8-4-16/h3-11,18,23-24H,12H2,1-2H3,(H,21,25)/b10-6+. The predicted molar refractivity (Wildman–Crippen MR) is 96.3 cm³/mol. The van der Waals surface area contributed by atoms with Gasteiger partial charge in [-0.2, -0.15) is 0 Å². The number of carbonyl (C=O) groups excluding carboxylic acids is 2. The number of carbonyl (C=O) groups is 2. The Morgan fingerprint density at radius 3 is 2.40 bits per heavy atom. The Hall–Kier alpha value is -3.08. The number of phenols is 2. The lowest BCUT2D eigenvalue weighted by Crippen LogP contribution is -2.40. The molecule has 0 aliphatic carbocycles. The molecule has 0 saturated carbocycles. The lowest BCUT2D eigenvalue weighted by molar-refractivity contribution is -0.124. The summed E-state index contributed by atoms with van der Waals surface area (Å²) in [5.74, 6) is -0.161. The number of hydrogen-bond acceptors (Lipinski definition) is 4. The summed E-state index contributed by atoms with van der Waals surface area (Å²) < 4.78 is 0. The van der Waals surface area contributed by atoms with Crippen LogP contribution in [0.15, 0.2) is 48.5 Å². The molecule has 0 saturated heterocycles. The summed E-state index contributed by atoms with van der Waals surface area (Å²) in [6, 6.07) is 10.9. The summed E-state index contributed by atoms with van der Waals surface area (Å²) in [5.41, 5.74) is 2.34. The highest BCUT2D eigenvalue weighted by Gasteiger charge is 2.16. The molecule has 0 fully saturated rings. The topological polar surface area (TPSA) is 86.6 Å². The van der Waals surface area contributed by atoms with Crippen molar-refractivity contribution >= 4 is 17.8 Å². The number of phenolic OH excluding ortho intramolecular Hbond substituents is 2. The first kappa shape index (κ1) is 18.3. The van der Waals surface area contributed by atoms with Gasteiger partial charge in [-0.25, -0.2) is 0 Å². The van der Waals surface area contributed by atoms with Gasteiger partial charge in [0.05, 0.1) is 6.04 Å². The van der Waals surface area contributed by atoms with E-state index in [9.17, 15) is 19.8 Å². The monoisotopic (exact) mass is 339 g/mol. The highest BCUT2D eigenvalue weighted by molar-refractivity contribution is 5.95. The smallest absolute Gasteiger partial charge is 0.244 e. The molecule has 0 bridgehead atoms. The number of rotatable bonds is 6. The third-order valence-corrected chi connectivity index (χ3v) is 3.83. The summed E-state index contributed by atoms with van der Waals surface area (Å²) >= 11 is 0. The SMILES string of the molecule is CC(=O)C(Cc1ccc(O)cc1)NC(=O)/C=C/c1ccc(O)c(C)c1. The summed E-state index contributed by atoms with van der Waals surface area (Å²) in [4.78, 5) is 23.9. The minimum atomic E-state index is -0.636. The molecule has 0 radical (unpaired) electrons. The Kier molecular flexibility index (Phi) is 5.95. The van der Waals surface area contributed by atoms with Crippen molar-refractivity contribution in [1.82, 2.24) is 5.32 Å². The van der Waals surface area contributed by atoms with Gasteiger partial charge in [-0.15, -0.1) is 0 Å². The molecular weight excluding hydrogens is 318 g/mol. The van der Waals surface area contributed by atoms with Crippen LogP contribution in [0.2, 0.25) is 0 Å². The molecule has 130 valence electrons. The maximum Gasteiger partial charge on any atom is 0.244 e. The normalized spacial score (nSPS) is 12.1. The van der Waals surface area contributed by atoms with Crippen molar-refractivity contribution in [3.05, 3.63) is 65.2 Å². The quantitative estimate of drug-likeness (QED) is 0.706. The van der Waals surface area contributed by atoms with Gasteiger partial charge in [0.1, 0.15) is 11.5 Å². The molecule has 3 N–H and O–H groups in total. The first-order valence-electron chi connectivity index (χ1n) is 7.91. The number of nitrogens with one attached hydrogen (secondary N) is 1. The third kappa shape index (κ3) is 5.49. The zero-order valence-electron chi connectivity index (χ0n) is 14.2. The van der Waals surface area contributed by atoms with Crippen LogP contribution in [0.4, 0.5) is 0 Å². The van der Waals surface area contributed by atoms with Crippen molar-refractivity contribution in [2.75, 3.05) is 0 Å². The molecule has 2 aromatic rings. The first-order valence-corrected chi connectivity index (χ1v) is 7.91. The molecule has 0 aliphatic rings. The van der Waals surface area contributed by atoms with Crippen molar-refractivity contribution in [3.8, 4) is 11.5 Å². The summed E-state index contributed by atoms with van der Waals surface area (Å²) in [7, 11) is 0. The van der Waals surface area contributed by atoms with E-state index in [0.29, 0.717) is 6.42 Å². The van der Waals surface area contributed by atoms with Crippen LogP contribution in [0.3, 0.4) is 0 Å². The van der Waals surface area contributed by atoms with Crippen molar-refractivity contribution < 1.29 is 19.8 Å². The van der Waals surface area contributed by atoms with E-state index in [1.165, 1.54) is 13.0 Å². The number of ketones is 1. The van der Waals surface area contributed by atoms with Gasteiger partial charge in [0.25, 0.3) is 0 Å². The molecule has 0 aromatic heterocycles. The zero-order chi connectivity index (χ0) is 18.4. The fraction of sp³-hybridized carbons (Fsp3) is 0.200. The van der Waals surface area contributed by atoms with Gasteiger partial charge < -0.3 is 15.5 Å². The average Bonchev–Trinajstić information content (AvgIpc) is 2.57. The Morgan fingerprint density at radius 1 is 1.12 bits per heavy atom. The molecule has 0 aliphatic heterocycles. The van der Waals surface area contributed by atoms with E-state index in [1.54, 1.807) is 55.5 Å². The van der Waals surface area contributed by atoms with Gasteiger partial charge in [-0.1, -0.05) is 18.2 Å². The van der Waals surface area contributed by atoms with E-state index in [4.69, 9.17) is 0 Å². The Morgan fingerprint density at radius 2 is 1.80 bits per heavy atom. The maximum atomic E-state index is 12.1. The van der Waals surface area contributed by atoms with Gasteiger partial charge >= 0.3 is 0 Å². The number of Topliss-reactive ketones (excluding diaryl/α,β-unsaturated/α-hetero) is 1. The minimum absolute atomic E-state index is 0.143. The molecule has 2 aromatic carbocycles. The van der Waals surface area contributed by atoms with Gasteiger partial charge in [-0.05, 0) is 67.3 Å². The maximum absolute atomic E-state index is 12.1. The average molecular weight is 339 g/mol. The van der Waals surface area contributed by atoms with Crippen LogP contribution in [0.1, 0.15) is 23.6 Å². The highest BCUT2D eigenvalue weighted by Crippen LogP contribution is 2.17. The van der Waals surface area contributed by atoms with E-state index >= 15 is 0 Å². The van der Waals surface area contributed by atoms with E-state index < -0.39 is 6.04 Å². The fourth-order valence-electron chi connectivity index (χ4n) is 2.34. The fourth-order valence-corrected chi connectivity index (χ4v) is 2.34. The minimum Gasteiger partial charge on any atom is -0.508 e. The van der Waals surface area contributed by atoms with Crippen molar-refractivity contribution in [3.63, 3.8) is 0 Å². The Bertz CT molecular complexity index is 794. The second kappa shape index (κ2) is 8.15. The molecule has 1 atom stereocenters. The van der Waals surface area contributed by atoms with Crippen molar-refractivity contribution in [2.24, 2.45) is 0 Å². The number of benzene rings is 2. The Balaban J connectivity index is 2.01. The Labute approximate surface area is 146 Å². The second-order valence-electron chi connectivity index (χ2n) is 5.92. The molecule has 5 heteroatoms. The first-order chi connectivity index (χ1) is 11.8. The molecular formula is C20H21NO4. The van der Waals surface area contributed by atoms with Gasteiger partial charge in [0.2, 0.25) is 5.91 Å². The van der Waals surface area contributed by atoms with E-state index in [2.05, 4.69) is 5.32 Å². The van der Waals surface area contributed by atoms with Crippen LogP contribution in [-0.2, 0) is 16.0 Å². The molecule has 5 nitrogen and oxygen atoms in total. The number of aryl methyl sites for hydroxylation is 1. The molecule has 25 heavy (non-hydrogen) atoms. The summed E-state index contributed by atoms with van der Waals surface area (Å²) in [5, 5.41) is 21.5. The van der Waals surface area contributed by atoms with Crippen LogP contribution < -0.4 is 5.32 Å². The molecule has 1 unspecified atom stereocenters. The van der Waals surface area contributed by atoms with Gasteiger partial charge in [0.15, 0.2) is 5.78 Å². The molecule has 0 spiro atoms. The van der Waals surface area contributed by atoms with E-state index in [1.807, 2.05) is 0 Å². The molecule has 2 rings (SSSR count).